The topological polar surface area (TPSA) is 70.8 Å². The lowest BCUT2D eigenvalue weighted by Crippen LogP contribution is -2.43. The van der Waals surface area contributed by atoms with Crippen LogP contribution in [0.3, 0.4) is 0 Å². The van der Waals surface area contributed by atoms with Crippen molar-refractivity contribution in [1.29, 1.82) is 0 Å². The van der Waals surface area contributed by atoms with Crippen molar-refractivity contribution in [3.63, 3.8) is 0 Å². The third-order valence-electron chi connectivity index (χ3n) is 5.20. The minimum Gasteiger partial charge on any atom is -0.480 e. The number of thiophene rings is 1. The summed E-state index contributed by atoms with van der Waals surface area (Å²) in [5, 5.41) is 9.61. The number of amides is 1. The van der Waals surface area contributed by atoms with E-state index < -0.39 is 12.0 Å². The predicted octanol–water partition coefficient (Wildman–Crippen LogP) is 3.64. The summed E-state index contributed by atoms with van der Waals surface area (Å²) >= 11 is 1.36. The van der Waals surface area contributed by atoms with E-state index in [1.807, 2.05) is 25.1 Å². The van der Waals surface area contributed by atoms with Crippen molar-refractivity contribution in [1.82, 2.24) is 4.90 Å². The molecule has 5 nitrogen and oxygen atoms in total. The standard InChI is InChI=1S/C18H19NO4S/c1-10-5-6-13(23-10)14-7-8-15(24-14)17(20)19-9-11-3-2-4-12(11)16(19)18(21)22/h5-8,11-12,16H,2-4,9H2,1H3,(H,21,22). The zero-order chi connectivity index (χ0) is 16.8. The van der Waals surface area contributed by atoms with Gasteiger partial charge < -0.3 is 14.4 Å². The maximum absolute atomic E-state index is 12.9. The van der Waals surface area contributed by atoms with Gasteiger partial charge in [0.15, 0.2) is 0 Å². The molecule has 2 aliphatic rings. The molecule has 24 heavy (non-hydrogen) atoms. The van der Waals surface area contributed by atoms with Crippen LogP contribution in [0.15, 0.2) is 28.7 Å². The highest BCUT2D eigenvalue weighted by Gasteiger charge is 2.49. The quantitative estimate of drug-likeness (QED) is 0.922. The molecule has 3 heterocycles. The smallest absolute Gasteiger partial charge is 0.326 e. The summed E-state index contributed by atoms with van der Waals surface area (Å²) in [5.74, 6) is 0.961. The third kappa shape index (κ3) is 2.45. The fourth-order valence-electron chi connectivity index (χ4n) is 4.12. The molecular formula is C18H19NO4S. The lowest BCUT2D eigenvalue weighted by atomic mass is 9.94. The number of fused-ring (bicyclic) bond motifs is 1. The van der Waals surface area contributed by atoms with E-state index in [1.165, 1.54) is 11.3 Å². The molecule has 2 aromatic heterocycles. The second-order valence-corrected chi connectivity index (χ2v) is 7.75. The zero-order valence-corrected chi connectivity index (χ0v) is 14.2. The fraction of sp³-hybridized carbons (Fsp3) is 0.444. The number of carbonyl (C=O) groups excluding carboxylic acids is 1. The van der Waals surface area contributed by atoms with Crippen LogP contribution < -0.4 is 0 Å². The van der Waals surface area contributed by atoms with Crippen molar-refractivity contribution in [3.05, 3.63) is 34.9 Å². The van der Waals surface area contributed by atoms with Crippen LogP contribution in [0.2, 0.25) is 0 Å². The highest BCUT2D eigenvalue weighted by Crippen LogP contribution is 2.43. The van der Waals surface area contributed by atoms with Crippen molar-refractivity contribution in [2.75, 3.05) is 6.54 Å². The number of hydrogen-bond donors (Lipinski definition) is 1. The summed E-state index contributed by atoms with van der Waals surface area (Å²) in [6, 6.07) is 6.73. The number of aryl methyl sites for hydroxylation is 1. The number of nitrogens with zero attached hydrogens (tertiary/aromatic N) is 1. The Balaban J connectivity index is 1.59. The SMILES string of the molecule is Cc1ccc(-c2ccc(C(=O)N3CC4CCCC4C3C(=O)O)s2)o1. The summed E-state index contributed by atoms with van der Waals surface area (Å²) in [7, 11) is 0. The van der Waals surface area contributed by atoms with Gasteiger partial charge in [-0.3, -0.25) is 4.79 Å². The van der Waals surface area contributed by atoms with Gasteiger partial charge in [0.1, 0.15) is 17.6 Å². The van der Waals surface area contributed by atoms with Gasteiger partial charge in [-0.15, -0.1) is 11.3 Å². The number of rotatable bonds is 3. The first kappa shape index (κ1) is 15.4. The van der Waals surface area contributed by atoms with E-state index in [2.05, 4.69) is 0 Å². The minimum absolute atomic E-state index is 0.110. The van der Waals surface area contributed by atoms with Crippen LogP contribution in [-0.2, 0) is 4.79 Å². The summed E-state index contributed by atoms with van der Waals surface area (Å²) < 4.78 is 5.60. The Morgan fingerprint density at radius 2 is 2.08 bits per heavy atom. The Labute approximate surface area is 143 Å². The van der Waals surface area contributed by atoms with E-state index in [1.54, 1.807) is 11.0 Å². The van der Waals surface area contributed by atoms with E-state index in [4.69, 9.17) is 4.42 Å². The molecule has 1 aliphatic heterocycles. The molecule has 0 spiro atoms. The monoisotopic (exact) mass is 345 g/mol. The van der Waals surface area contributed by atoms with Gasteiger partial charge in [-0.1, -0.05) is 6.42 Å². The van der Waals surface area contributed by atoms with Crippen molar-refractivity contribution in [2.45, 2.75) is 32.2 Å². The van der Waals surface area contributed by atoms with Crippen molar-refractivity contribution in [2.24, 2.45) is 11.8 Å². The lowest BCUT2D eigenvalue weighted by Gasteiger charge is -2.23. The predicted molar refractivity (Wildman–Crippen MR) is 90.0 cm³/mol. The number of carboxylic acid groups (broad SMARTS) is 1. The summed E-state index contributed by atoms with van der Waals surface area (Å²) in [6.07, 6.45) is 3.01. The van der Waals surface area contributed by atoms with E-state index in [-0.39, 0.29) is 11.8 Å². The molecule has 2 aromatic rings. The number of likely N-dealkylation sites (tertiary alicyclic amines) is 1. The summed E-state index contributed by atoms with van der Waals surface area (Å²) in [6.45, 7) is 2.44. The number of aliphatic carboxylic acids is 1. The number of carbonyl (C=O) groups is 2. The maximum Gasteiger partial charge on any atom is 0.326 e. The first-order valence-corrected chi connectivity index (χ1v) is 9.06. The molecule has 6 heteroatoms. The van der Waals surface area contributed by atoms with Crippen LogP contribution in [0.4, 0.5) is 0 Å². The van der Waals surface area contributed by atoms with Gasteiger partial charge in [0.25, 0.3) is 5.91 Å². The Morgan fingerprint density at radius 1 is 1.25 bits per heavy atom. The molecule has 3 atom stereocenters. The molecule has 0 bridgehead atoms. The number of furan rings is 1. The molecule has 1 amide bonds. The van der Waals surface area contributed by atoms with Gasteiger partial charge in [-0.2, -0.15) is 0 Å². The summed E-state index contributed by atoms with van der Waals surface area (Å²) in [5.41, 5.74) is 0. The molecule has 1 saturated heterocycles. The highest BCUT2D eigenvalue weighted by molar-refractivity contribution is 7.17. The maximum atomic E-state index is 12.9. The first-order chi connectivity index (χ1) is 11.5. The van der Waals surface area contributed by atoms with Gasteiger partial charge in [-0.05, 0) is 55.9 Å². The first-order valence-electron chi connectivity index (χ1n) is 8.25. The van der Waals surface area contributed by atoms with Crippen LogP contribution >= 0.6 is 11.3 Å². The van der Waals surface area contributed by atoms with Gasteiger partial charge in [-0.25, -0.2) is 4.79 Å². The van der Waals surface area contributed by atoms with E-state index in [0.717, 1.165) is 35.7 Å². The Hall–Kier alpha value is -2.08. The van der Waals surface area contributed by atoms with E-state index >= 15 is 0 Å². The number of carboxylic acids is 1. The van der Waals surface area contributed by atoms with Crippen molar-refractivity contribution in [3.8, 4) is 10.6 Å². The Bertz CT molecular complexity index is 793. The van der Waals surface area contributed by atoms with Crippen LogP contribution in [0.1, 0.15) is 34.7 Å². The molecule has 1 N–H and O–H groups in total. The Kier molecular flexibility index (Phi) is 3.72. The average Bonchev–Trinajstić information content (AvgIpc) is 3.28. The normalized spacial score (nSPS) is 25.9. The Morgan fingerprint density at radius 3 is 2.79 bits per heavy atom. The molecule has 126 valence electrons. The molecule has 4 rings (SSSR count). The largest absolute Gasteiger partial charge is 0.480 e. The van der Waals surface area contributed by atoms with Gasteiger partial charge in [0, 0.05) is 6.54 Å². The van der Waals surface area contributed by atoms with E-state index in [0.29, 0.717) is 17.3 Å². The minimum atomic E-state index is -0.879. The molecule has 0 radical (unpaired) electrons. The van der Waals surface area contributed by atoms with Crippen LogP contribution in [-0.4, -0.2) is 34.5 Å². The zero-order valence-electron chi connectivity index (χ0n) is 13.4. The molecular weight excluding hydrogens is 326 g/mol. The molecule has 3 unspecified atom stereocenters. The average molecular weight is 345 g/mol. The second-order valence-electron chi connectivity index (χ2n) is 6.67. The van der Waals surface area contributed by atoms with Gasteiger partial charge in [0.2, 0.25) is 0 Å². The second kappa shape index (κ2) is 5.77. The number of hydrogen-bond acceptors (Lipinski definition) is 4. The fourth-order valence-corrected chi connectivity index (χ4v) is 5.05. The van der Waals surface area contributed by atoms with Crippen LogP contribution in [0, 0.1) is 18.8 Å². The van der Waals surface area contributed by atoms with Crippen LogP contribution in [0.25, 0.3) is 10.6 Å². The molecule has 1 saturated carbocycles. The van der Waals surface area contributed by atoms with Gasteiger partial charge >= 0.3 is 5.97 Å². The third-order valence-corrected chi connectivity index (χ3v) is 6.29. The lowest BCUT2D eigenvalue weighted by molar-refractivity contribution is -0.142. The molecule has 2 fully saturated rings. The summed E-state index contributed by atoms with van der Waals surface area (Å²) in [4.78, 5) is 27.6. The van der Waals surface area contributed by atoms with Gasteiger partial charge in [0.05, 0.1) is 9.75 Å². The molecule has 1 aliphatic carbocycles. The van der Waals surface area contributed by atoms with Crippen molar-refractivity contribution < 1.29 is 19.1 Å². The molecule has 0 aromatic carbocycles. The van der Waals surface area contributed by atoms with Crippen molar-refractivity contribution >= 4 is 23.2 Å². The van der Waals surface area contributed by atoms with Crippen LogP contribution in [0.5, 0.6) is 0 Å². The van der Waals surface area contributed by atoms with E-state index in [9.17, 15) is 14.7 Å². The highest BCUT2D eigenvalue weighted by atomic mass is 32.1.